The van der Waals surface area contributed by atoms with E-state index in [1.807, 2.05) is 20.8 Å². The normalized spacial score (nSPS) is 14.0. The highest BCUT2D eigenvalue weighted by molar-refractivity contribution is 6.13. The van der Waals surface area contributed by atoms with Crippen molar-refractivity contribution in [3.8, 4) is 0 Å². The summed E-state index contributed by atoms with van der Waals surface area (Å²) in [6, 6.07) is 0. The molecule has 0 unspecified atom stereocenters. The van der Waals surface area contributed by atoms with Crippen molar-refractivity contribution >= 4 is 23.6 Å². The van der Waals surface area contributed by atoms with Crippen LogP contribution in [0.1, 0.15) is 33.6 Å². The molecule has 0 saturated heterocycles. The van der Waals surface area contributed by atoms with Gasteiger partial charge in [0.2, 0.25) is 11.8 Å². The molecule has 9 nitrogen and oxygen atoms in total. The molecule has 0 spiro atoms. The van der Waals surface area contributed by atoms with E-state index in [1.54, 1.807) is 0 Å². The fourth-order valence-electron chi connectivity index (χ4n) is 2.18. The van der Waals surface area contributed by atoms with Crippen molar-refractivity contribution in [3.05, 3.63) is 12.2 Å². The third-order valence-electron chi connectivity index (χ3n) is 3.39. The van der Waals surface area contributed by atoms with E-state index in [9.17, 15) is 19.2 Å². The highest BCUT2D eigenvalue weighted by Gasteiger charge is 2.23. The average Bonchev–Trinajstić information content (AvgIpc) is 2.88. The minimum Gasteiger partial charge on any atom is -0.379 e. The lowest BCUT2D eigenvalue weighted by Crippen LogP contribution is -2.40. The number of amides is 4. The fourth-order valence-corrected chi connectivity index (χ4v) is 2.18. The van der Waals surface area contributed by atoms with Gasteiger partial charge >= 0.3 is 0 Å². The summed E-state index contributed by atoms with van der Waals surface area (Å²) in [4.78, 5) is 46.9. The first-order valence-corrected chi connectivity index (χ1v) is 8.96. The second-order valence-electron chi connectivity index (χ2n) is 7.03. The molecule has 0 saturated carbocycles. The van der Waals surface area contributed by atoms with Crippen molar-refractivity contribution in [1.29, 1.82) is 0 Å². The number of carbonyl (C=O) groups excluding carboxylic acids is 4. The zero-order chi connectivity index (χ0) is 20.3. The third kappa shape index (κ3) is 10.5. The van der Waals surface area contributed by atoms with Crippen molar-refractivity contribution in [1.82, 2.24) is 15.5 Å². The Bertz CT molecular complexity index is 550. The molecular weight excluding hydrogens is 354 g/mol. The van der Waals surface area contributed by atoms with Crippen molar-refractivity contribution in [2.45, 2.75) is 39.2 Å². The van der Waals surface area contributed by atoms with Crippen LogP contribution in [0.3, 0.4) is 0 Å². The van der Waals surface area contributed by atoms with E-state index in [-0.39, 0.29) is 30.3 Å². The maximum atomic E-state index is 11.7. The van der Waals surface area contributed by atoms with Crippen LogP contribution >= 0.6 is 0 Å². The zero-order valence-electron chi connectivity index (χ0n) is 16.2. The minimum atomic E-state index is -0.396. The van der Waals surface area contributed by atoms with Crippen LogP contribution in [0.15, 0.2) is 12.2 Å². The van der Waals surface area contributed by atoms with Crippen LogP contribution in [0, 0.1) is 0 Å². The Labute approximate surface area is 159 Å². The van der Waals surface area contributed by atoms with Crippen molar-refractivity contribution < 1.29 is 28.7 Å². The van der Waals surface area contributed by atoms with Crippen molar-refractivity contribution in [2.75, 3.05) is 39.5 Å². The number of hydrogen-bond acceptors (Lipinski definition) is 6. The second-order valence-corrected chi connectivity index (χ2v) is 7.03. The lowest BCUT2D eigenvalue weighted by molar-refractivity contribution is -0.137. The number of rotatable bonds is 12. The number of nitrogens with one attached hydrogen (secondary N) is 2. The molecule has 0 bridgehead atoms. The summed E-state index contributed by atoms with van der Waals surface area (Å²) in [5, 5.41) is 5.49. The Morgan fingerprint density at radius 1 is 0.926 bits per heavy atom. The van der Waals surface area contributed by atoms with Gasteiger partial charge in [0.1, 0.15) is 0 Å². The highest BCUT2D eigenvalue weighted by Crippen LogP contribution is 2.03. The van der Waals surface area contributed by atoms with Crippen LogP contribution in [0.5, 0.6) is 0 Å². The van der Waals surface area contributed by atoms with Gasteiger partial charge < -0.3 is 20.1 Å². The van der Waals surface area contributed by atoms with Crippen LogP contribution < -0.4 is 10.6 Å². The van der Waals surface area contributed by atoms with E-state index in [4.69, 9.17) is 9.47 Å². The average molecular weight is 383 g/mol. The Hall–Kier alpha value is -2.26. The summed E-state index contributed by atoms with van der Waals surface area (Å²) in [5.74, 6) is -1.11. The van der Waals surface area contributed by atoms with E-state index in [0.717, 1.165) is 4.90 Å². The van der Waals surface area contributed by atoms with Crippen LogP contribution in [0.4, 0.5) is 0 Å². The molecule has 0 aliphatic carbocycles. The first-order valence-electron chi connectivity index (χ1n) is 8.96. The SMILES string of the molecule is CC(C)(C)NC(=O)CCOCCOCCNC(=O)CCN1C(=O)C=CC1=O. The quantitative estimate of drug-likeness (QED) is 0.355. The van der Waals surface area contributed by atoms with Gasteiger partial charge in [-0.2, -0.15) is 0 Å². The lowest BCUT2D eigenvalue weighted by Gasteiger charge is -2.20. The molecule has 0 aromatic carbocycles. The molecule has 4 amide bonds. The smallest absolute Gasteiger partial charge is 0.253 e. The maximum Gasteiger partial charge on any atom is 0.253 e. The summed E-state index contributed by atoms with van der Waals surface area (Å²) in [7, 11) is 0. The maximum absolute atomic E-state index is 11.7. The van der Waals surface area contributed by atoms with E-state index < -0.39 is 11.8 Å². The van der Waals surface area contributed by atoms with Gasteiger partial charge in [-0.3, -0.25) is 24.1 Å². The monoisotopic (exact) mass is 383 g/mol. The molecule has 0 aromatic rings. The van der Waals surface area contributed by atoms with E-state index in [0.29, 0.717) is 39.4 Å². The summed E-state index contributed by atoms with van der Waals surface area (Å²) >= 11 is 0. The molecule has 9 heteroatoms. The van der Waals surface area contributed by atoms with Crippen LogP contribution in [0.25, 0.3) is 0 Å². The molecule has 1 heterocycles. The molecule has 0 radical (unpaired) electrons. The van der Waals surface area contributed by atoms with Gasteiger partial charge in [0, 0.05) is 43.6 Å². The fraction of sp³-hybridized carbons (Fsp3) is 0.667. The first kappa shape index (κ1) is 22.8. The van der Waals surface area contributed by atoms with Gasteiger partial charge in [0.05, 0.1) is 26.4 Å². The zero-order valence-corrected chi connectivity index (χ0v) is 16.2. The highest BCUT2D eigenvalue weighted by atomic mass is 16.5. The Morgan fingerprint density at radius 2 is 1.52 bits per heavy atom. The molecule has 1 aliphatic rings. The lowest BCUT2D eigenvalue weighted by atomic mass is 10.1. The molecule has 2 N–H and O–H groups in total. The number of imide groups is 1. The first-order chi connectivity index (χ1) is 12.7. The summed E-state index contributed by atoms with van der Waals surface area (Å²) in [6.07, 6.45) is 2.73. The predicted octanol–water partition coefficient (Wildman–Crippen LogP) is -0.244. The molecular formula is C18H29N3O6. The van der Waals surface area contributed by atoms with Gasteiger partial charge in [-0.25, -0.2) is 0 Å². The Balaban J connectivity index is 1.92. The molecule has 27 heavy (non-hydrogen) atoms. The molecule has 1 aliphatic heterocycles. The van der Waals surface area contributed by atoms with E-state index in [1.165, 1.54) is 12.2 Å². The third-order valence-corrected chi connectivity index (χ3v) is 3.39. The van der Waals surface area contributed by atoms with Gasteiger partial charge in [0.25, 0.3) is 11.8 Å². The number of hydrogen-bond donors (Lipinski definition) is 2. The van der Waals surface area contributed by atoms with Gasteiger partial charge in [0.15, 0.2) is 0 Å². The van der Waals surface area contributed by atoms with Crippen LogP contribution in [-0.4, -0.2) is 73.6 Å². The second kappa shape index (κ2) is 11.5. The molecule has 0 fully saturated rings. The molecule has 0 atom stereocenters. The molecule has 1 rings (SSSR count). The summed E-state index contributed by atoms with van der Waals surface area (Å²) in [6.45, 7) is 7.51. The van der Waals surface area contributed by atoms with Crippen LogP contribution in [0.2, 0.25) is 0 Å². The number of nitrogens with zero attached hydrogens (tertiary/aromatic N) is 1. The summed E-state index contributed by atoms with van der Waals surface area (Å²) < 4.78 is 10.6. The van der Waals surface area contributed by atoms with Crippen LogP contribution in [-0.2, 0) is 28.7 Å². The molecule has 152 valence electrons. The van der Waals surface area contributed by atoms with Gasteiger partial charge in [-0.15, -0.1) is 0 Å². The minimum absolute atomic E-state index is 0.0545. The van der Waals surface area contributed by atoms with Crippen molar-refractivity contribution in [3.63, 3.8) is 0 Å². The number of ether oxygens (including phenoxy) is 2. The summed E-state index contributed by atoms with van der Waals surface area (Å²) in [5.41, 5.74) is -0.249. The molecule has 0 aromatic heterocycles. The predicted molar refractivity (Wildman–Crippen MR) is 97.6 cm³/mol. The largest absolute Gasteiger partial charge is 0.379 e. The standard InChI is InChI=1S/C18H29N3O6/c1-18(2,3)20-15(23)7-10-26-12-13-27-11-8-19-14(22)6-9-21-16(24)4-5-17(21)25/h4-5H,6-13H2,1-3H3,(H,19,22)(H,20,23). The number of carbonyl (C=O) groups is 4. The van der Waals surface area contributed by atoms with E-state index in [2.05, 4.69) is 10.6 Å². The Kier molecular flexibility index (Phi) is 9.66. The van der Waals surface area contributed by atoms with E-state index >= 15 is 0 Å². The van der Waals surface area contributed by atoms with Gasteiger partial charge in [-0.1, -0.05) is 0 Å². The Morgan fingerprint density at radius 3 is 2.11 bits per heavy atom. The topological polar surface area (TPSA) is 114 Å². The van der Waals surface area contributed by atoms with Crippen molar-refractivity contribution in [2.24, 2.45) is 0 Å². The van der Waals surface area contributed by atoms with Gasteiger partial charge in [-0.05, 0) is 20.8 Å².